The molecule has 0 radical (unpaired) electrons. The highest BCUT2D eigenvalue weighted by Gasteiger charge is 2.17. The average Bonchev–Trinajstić information content (AvgIpc) is 2.82. The summed E-state index contributed by atoms with van der Waals surface area (Å²) >= 11 is 6.27. The highest BCUT2D eigenvalue weighted by Crippen LogP contribution is 2.20. The number of hydrogen-bond acceptors (Lipinski definition) is 5. The average molecular weight is 391 g/mol. The third-order valence-corrected chi connectivity index (χ3v) is 2.98. The lowest BCUT2D eigenvalue weighted by atomic mass is 10.4. The highest BCUT2D eigenvalue weighted by atomic mass is 79.9. The fourth-order valence-corrected chi connectivity index (χ4v) is 2.14. The van der Waals surface area contributed by atoms with Gasteiger partial charge in [0.05, 0.1) is 6.20 Å². The molecule has 0 fully saturated rings. The van der Waals surface area contributed by atoms with E-state index in [4.69, 9.17) is 0 Å². The van der Waals surface area contributed by atoms with Crippen molar-refractivity contribution in [3.8, 4) is 0 Å². The minimum atomic E-state index is -0.619. The summed E-state index contributed by atoms with van der Waals surface area (Å²) < 4.78 is 0.851. The zero-order valence-corrected chi connectivity index (χ0v) is 12.2. The number of rotatable bonds is 3. The first-order chi connectivity index (χ1) is 8.97. The Labute approximate surface area is 123 Å². The molecule has 10 heteroatoms. The second kappa shape index (κ2) is 5.45. The number of anilines is 1. The van der Waals surface area contributed by atoms with Crippen LogP contribution < -0.4 is 5.32 Å². The van der Waals surface area contributed by atoms with E-state index in [1.54, 1.807) is 0 Å². The molecule has 2 aromatic rings. The summed E-state index contributed by atoms with van der Waals surface area (Å²) in [6, 6.07) is 2.52. The molecule has 2 rings (SSSR count). The largest absolute Gasteiger partial charge is 0.358 e. The van der Waals surface area contributed by atoms with Gasteiger partial charge >= 0.3 is 5.82 Å². The lowest BCUT2D eigenvalue weighted by Crippen LogP contribution is -2.14. The van der Waals surface area contributed by atoms with Crippen molar-refractivity contribution in [2.75, 3.05) is 5.32 Å². The van der Waals surface area contributed by atoms with Crippen LogP contribution in [-0.2, 0) is 0 Å². The molecule has 19 heavy (non-hydrogen) atoms. The maximum atomic E-state index is 11.8. The summed E-state index contributed by atoms with van der Waals surface area (Å²) in [5, 5.41) is 13.0. The van der Waals surface area contributed by atoms with Crippen molar-refractivity contribution < 1.29 is 9.72 Å². The Morgan fingerprint density at radius 1 is 1.42 bits per heavy atom. The van der Waals surface area contributed by atoms with Crippen LogP contribution in [0.5, 0.6) is 0 Å². The van der Waals surface area contributed by atoms with Crippen LogP contribution in [0, 0.1) is 10.1 Å². The second-order valence-corrected chi connectivity index (χ2v) is 4.86. The fourth-order valence-electron chi connectivity index (χ4n) is 1.23. The van der Waals surface area contributed by atoms with Crippen molar-refractivity contribution in [1.82, 2.24) is 15.0 Å². The minimum Gasteiger partial charge on any atom is -0.358 e. The Morgan fingerprint density at radius 2 is 2.16 bits per heavy atom. The summed E-state index contributed by atoms with van der Waals surface area (Å²) in [5.74, 6) is -0.595. The van der Waals surface area contributed by atoms with Crippen molar-refractivity contribution in [3.63, 3.8) is 0 Å². The third-order valence-electron chi connectivity index (χ3n) is 2.04. The molecule has 0 saturated heterocycles. The normalized spacial score (nSPS) is 10.2. The molecule has 0 spiro atoms. The number of H-pyrrole nitrogens is 1. The molecular formula is C9H5Br2N5O3. The molecule has 0 unspecified atom stereocenters. The molecule has 8 nitrogen and oxygen atoms in total. The van der Waals surface area contributed by atoms with Gasteiger partial charge in [0.1, 0.15) is 9.21 Å². The molecule has 0 aromatic carbocycles. The number of nitrogens with zero attached hydrogens (tertiary/aromatic N) is 3. The van der Waals surface area contributed by atoms with E-state index in [1.165, 1.54) is 18.3 Å². The van der Waals surface area contributed by atoms with Crippen molar-refractivity contribution in [2.24, 2.45) is 0 Å². The Morgan fingerprint density at radius 3 is 2.74 bits per heavy atom. The maximum Gasteiger partial charge on any atom is 0.321 e. The summed E-state index contributed by atoms with van der Waals surface area (Å²) in [6.45, 7) is 0. The third kappa shape index (κ3) is 3.15. The van der Waals surface area contributed by atoms with E-state index in [2.05, 4.69) is 52.1 Å². The number of carbonyl (C=O) groups is 1. The smallest absolute Gasteiger partial charge is 0.321 e. The van der Waals surface area contributed by atoms with Gasteiger partial charge in [0.2, 0.25) is 0 Å². The quantitative estimate of drug-likeness (QED) is 0.617. The first kappa shape index (κ1) is 13.6. The van der Waals surface area contributed by atoms with Crippen LogP contribution >= 0.6 is 31.9 Å². The van der Waals surface area contributed by atoms with E-state index in [1.807, 2.05) is 0 Å². The maximum absolute atomic E-state index is 11.8. The van der Waals surface area contributed by atoms with Crippen LogP contribution in [0.2, 0.25) is 0 Å². The van der Waals surface area contributed by atoms with E-state index < -0.39 is 10.8 Å². The fraction of sp³-hybridized carbons (Fsp3) is 0. The number of halogens is 2. The first-order valence-electron chi connectivity index (χ1n) is 4.80. The van der Waals surface area contributed by atoms with E-state index in [-0.39, 0.29) is 17.3 Å². The standard InChI is InChI=1S/C9H5Br2N5O3/c10-5-3-12-8(7(11)14-5)15-9(17)4-1-2-6(13-4)16(18)19/h1-3,13H,(H,12,15,17). The van der Waals surface area contributed by atoms with Gasteiger partial charge in [-0.15, -0.1) is 0 Å². The summed E-state index contributed by atoms with van der Waals surface area (Å²) in [5.41, 5.74) is 0.0586. The predicted molar refractivity (Wildman–Crippen MR) is 72.8 cm³/mol. The molecule has 98 valence electrons. The van der Waals surface area contributed by atoms with E-state index in [9.17, 15) is 14.9 Å². The number of nitro groups is 1. The van der Waals surface area contributed by atoms with Gasteiger partial charge in [-0.3, -0.25) is 4.79 Å². The van der Waals surface area contributed by atoms with Crippen LogP contribution in [-0.4, -0.2) is 25.8 Å². The van der Waals surface area contributed by atoms with E-state index in [0.717, 1.165) is 0 Å². The Kier molecular flexibility index (Phi) is 3.90. The Balaban J connectivity index is 2.18. The van der Waals surface area contributed by atoms with Crippen LogP contribution in [0.25, 0.3) is 0 Å². The number of hydrogen-bond donors (Lipinski definition) is 2. The molecular weight excluding hydrogens is 386 g/mol. The topological polar surface area (TPSA) is 114 Å². The van der Waals surface area contributed by atoms with Crippen molar-refractivity contribution in [2.45, 2.75) is 0 Å². The molecule has 0 aliphatic carbocycles. The number of aromatic amines is 1. The number of nitrogens with one attached hydrogen (secondary N) is 2. The van der Waals surface area contributed by atoms with Crippen LogP contribution in [0.4, 0.5) is 11.6 Å². The summed E-state index contributed by atoms with van der Waals surface area (Å²) in [4.78, 5) is 32.0. The molecule has 2 heterocycles. The number of carbonyl (C=O) groups excluding carboxylic acids is 1. The van der Waals surface area contributed by atoms with Gasteiger partial charge in [0.25, 0.3) is 5.91 Å². The molecule has 0 aliphatic rings. The Bertz CT molecular complexity index is 657. The van der Waals surface area contributed by atoms with E-state index >= 15 is 0 Å². The monoisotopic (exact) mass is 389 g/mol. The van der Waals surface area contributed by atoms with Crippen molar-refractivity contribution >= 4 is 49.4 Å². The summed E-state index contributed by atoms with van der Waals surface area (Å²) in [7, 11) is 0. The number of amides is 1. The van der Waals surface area contributed by atoms with Crippen LogP contribution in [0.3, 0.4) is 0 Å². The van der Waals surface area contributed by atoms with Gasteiger partial charge in [0.15, 0.2) is 11.5 Å². The van der Waals surface area contributed by atoms with Crippen molar-refractivity contribution in [3.05, 3.63) is 43.3 Å². The number of aromatic nitrogens is 3. The van der Waals surface area contributed by atoms with Gasteiger partial charge in [-0.25, -0.2) is 15.0 Å². The highest BCUT2D eigenvalue weighted by molar-refractivity contribution is 9.11. The van der Waals surface area contributed by atoms with Gasteiger partial charge in [0, 0.05) is 6.07 Å². The summed E-state index contributed by atoms with van der Waals surface area (Å²) in [6.07, 6.45) is 1.41. The molecule has 1 amide bonds. The minimum absolute atomic E-state index is 0.0586. The zero-order valence-electron chi connectivity index (χ0n) is 9.05. The molecule has 2 N–H and O–H groups in total. The van der Waals surface area contributed by atoms with Crippen LogP contribution in [0.1, 0.15) is 10.5 Å². The van der Waals surface area contributed by atoms with Crippen molar-refractivity contribution in [1.29, 1.82) is 0 Å². The van der Waals surface area contributed by atoms with Gasteiger partial charge in [-0.2, -0.15) is 0 Å². The van der Waals surface area contributed by atoms with Gasteiger partial charge < -0.3 is 15.4 Å². The zero-order chi connectivity index (χ0) is 14.0. The molecule has 0 saturated carbocycles. The molecule has 0 bridgehead atoms. The lowest BCUT2D eigenvalue weighted by molar-refractivity contribution is -0.389. The Hall–Kier alpha value is -1.81. The molecule has 0 atom stereocenters. The van der Waals surface area contributed by atoms with Gasteiger partial charge in [-0.1, -0.05) is 0 Å². The van der Waals surface area contributed by atoms with E-state index in [0.29, 0.717) is 9.21 Å². The van der Waals surface area contributed by atoms with Gasteiger partial charge in [-0.05, 0) is 42.8 Å². The van der Waals surface area contributed by atoms with Crippen LogP contribution in [0.15, 0.2) is 27.5 Å². The molecule has 0 aliphatic heterocycles. The lowest BCUT2D eigenvalue weighted by Gasteiger charge is -2.03. The SMILES string of the molecule is O=C(Nc1ncc(Br)nc1Br)c1ccc([N+](=O)[O-])[nH]1. The second-order valence-electron chi connectivity index (χ2n) is 3.30. The molecule has 2 aromatic heterocycles. The first-order valence-corrected chi connectivity index (χ1v) is 6.39. The predicted octanol–water partition coefficient (Wildman–Crippen LogP) is 2.49.